The average Bonchev–Trinajstić information content (AvgIpc) is 1.61. The third-order valence-electron chi connectivity index (χ3n) is 0.405. The van der Waals surface area contributed by atoms with Gasteiger partial charge in [-0.1, -0.05) is 6.08 Å². The molecule has 3 heteroatoms. The molecule has 0 bridgehead atoms. The van der Waals surface area contributed by atoms with E-state index in [1.807, 2.05) is 0 Å². The normalized spacial score (nSPS) is 9.86. The third-order valence-corrected chi connectivity index (χ3v) is 0.405. The van der Waals surface area contributed by atoms with Crippen LogP contribution in [0.3, 0.4) is 0 Å². The first-order chi connectivity index (χ1) is 3.27. The highest BCUT2D eigenvalue weighted by Crippen LogP contribution is 1.64. The lowest BCUT2D eigenvalue weighted by molar-refractivity contribution is -0.114. The van der Waals surface area contributed by atoms with Crippen molar-refractivity contribution in [2.24, 2.45) is 5.73 Å². The lowest BCUT2D eigenvalue weighted by Crippen LogP contribution is -1.96. The van der Waals surface area contributed by atoms with Gasteiger partial charge in [-0.15, -0.1) is 0 Å². The minimum absolute atomic E-state index is 0.324. The zero-order valence-electron chi connectivity index (χ0n) is 3.85. The van der Waals surface area contributed by atoms with Crippen LogP contribution in [0.1, 0.15) is 0 Å². The van der Waals surface area contributed by atoms with Crippen LogP contribution in [-0.2, 0) is 4.79 Å². The maximum absolute atomic E-state index is 9.73. The molecule has 1 radical (unpaired) electrons. The van der Waals surface area contributed by atoms with Crippen LogP contribution in [0.5, 0.6) is 0 Å². The van der Waals surface area contributed by atoms with E-state index in [0.29, 0.717) is 6.54 Å². The number of hydrogen-bond acceptors (Lipinski definition) is 2. The van der Waals surface area contributed by atoms with Crippen molar-refractivity contribution in [2.75, 3.05) is 6.54 Å². The van der Waals surface area contributed by atoms with Crippen molar-refractivity contribution in [1.82, 2.24) is 5.73 Å². The number of nitrogens with one attached hydrogen (secondary N) is 1. The monoisotopic (exact) mass is 99.1 g/mol. The molecule has 3 N–H and O–H groups in total. The van der Waals surface area contributed by atoms with Gasteiger partial charge in [0.25, 0.3) is 5.91 Å². The summed E-state index contributed by atoms with van der Waals surface area (Å²) >= 11 is 0. The minimum Gasteiger partial charge on any atom is -0.327 e. The van der Waals surface area contributed by atoms with Crippen molar-refractivity contribution in [3.63, 3.8) is 0 Å². The number of hydrogen-bond donors (Lipinski definition) is 1. The number of rotatable bonds is 2. The quantitative estimate of drug-likeness (QED) is 0.465. The first-order valence-electron chi connectivity index (χ1n) is 1.89. The van der Waals surface area contributed by atoms with Crippen LogP contribution in [0.4, 0.5) is 0 Å². The molecule has 0 aromatic rings. The van der Waals surface area contributed by atoms with Gasteiger partial charge in [0.1, 0.15) is 0 Å². The highest BCUT2D eigenvalue weighted by atomic mass is 16.1. The Labute approximate surface area is 42.0 Å². The first kappa shape index (κ1) is 6.17. The van der Waals surface area contributed by atoms with Crippen molar-refractivity contribution < 1.29 is 4.79 Å². The molecule has 0 spiro atoms. The summed E-state index contributed by atoms with van der Waals surface area (Å²) in [7, 11) is 0. The van der Waals surface area contributed by atoms with Crippen molar-refractivity contribution in [3.8, 4) is 0 Å². The molecular formula is C4H7N2O. The number of amides is 1. The summed E-state index contributed by atoms with van der Waals surface area (Å²) in [4.78, 5) is 9.73. The van der Waals surface area contributed by atoms with Crippen LogP contribution >= 0.6 is 0 Å². The topological polar surface area (TPSA) is 66.9 Å². The molecular weight excluding hydrogens is 92.1 g/mol. The Balaban J connectivity index is 3.26. The second-order valence-electron chi connectivity index (χ2n) is 1.00. The highest BCUT2D eigenvalue weighted by Gasteiger charge is 1.77. The smallest absolute Gasteiger partial charge is 0.262 e. The van der Waals surface area contributed by atoms with E-state index in [9.17, 15) is 4.79 Å². The molecule has 39 valence electrons. The predicted octanol–water partition coefficient (Wildman–Crippen LogP) is -0.689. The van der Waals surface area contributed by atoms with Gasteiger partial charge in [0.05, 0.1) is 0 Å². The summed E-state index contributed by atoms with van der Waals surface area (Å²) in [5.74, 6) is -0.703. The van der Waals surface area contributed by atoms with Gasteiger partial charge >= 0.3 is 0 Å². The molecule has 7 heavy (non-hydrogen) atoms. The molecule has 0 aromatic carbocycles. The molecule has 1 amide bonds. The Morgan fingerprint density at radius 1 is 1.86 bits per heavy atom. The van der Waals surface area contributed by atoms with E-state index in [0.717, 1.165) is 6.08 Å². The van der Waals surface area contributed by atoms with Crippen LogP contribution in [0.25, 0.3) is 0 Å². The van der Waals surface area contributed by atoms with Gasteiger partial charge in [-0.05, 0) is 0 Å². The summed E-state index contributed by atoms with van der Waals surface area (Å²) < 4.78 is 0. The van der Waals surface area contributed by atoms with Crippen molar-refractivity contribution in [1.29, 1.82) is 0 Å². The summed E-state index contributed by atoms with van der Waals surface area (Å²) in [5.41, 5.74) is 11.3. The largest absolute Gasteiger partial charge is 0.327 e. The Morgan fingerprint density at radius 2 is 2.43 bits per heavy atom. The van der Waals surface area contributed by atoms with E-state index < -0.39 is 5.91 Å². The number of carbonyl (C=O) groups is 1. The van der Waals surface area contributed by atoms with Crippen LogP contribution < -0.4 is 11.5 Å². The van der Waals surface area contributed by atoms with Gasteiger partial charge in [-0.2, -0.15) is 0 Å². The molecule has 0 aliphatic rings. The van der Waals surface area contributed by atoms with E-state index in [4.69, 9.17) is 11.5 Å². The van der Waals surface area contributed by atoms with Crippen molar-refractivity contribution >= 4 is 5.91 Å². The molecule has 0 saturated heterocycles. The molecule has 0 aliphatic heterocycles. The SMILES string of the molecule is [NH]C(=O)/C=C/CN. The molecule has 0 fully saturated rings. The Kier molecular flexibility index (Phi) is 2.96. The summed E-state index contributed by atoms with van der Waals surface area (Å²) in [6.45, 7) is 0.324. The Morgan fingerprint density at radius 3 is 2.57 bits per heavy atom. The molecule has 0 atom stereocenters. The highest BCUT2D eigenvalue weighted by molar-refractivity contribution is 5.84. The van der Waals surface area contributed by atoms with Crippen LogP contribution in [0, 0.1) is 0 Å². The molecule has 0 saturated carbocycles. The predicted molar refractivity (Wildman–Crippen MR) is 26.3 cm³/mol. The Hall–Kier alpha value is -0.830. The number of carbonyl (C=O) groups excluding carboxylic acids is 1. The van der Waals surface area contributed by atoms with E-state index in [1.165, 1.54) is 6.08 Å². The van der Waals surface area contributed by atoms with Gasteiger partial charge in [-0.25, -0.2) is 0 Å². The molecule has 3 nitrogen and oxygen atoms in total. The lowest BCUT2D eigenvalue weighted by atomic mass is 10.5. The molecule has 0 heterocycles. The van der Waals surface area contributed by atoms with Gasteiger partial charge in [-0.3, -0.25) is 10.5 Å². The van der Waals surface area contributed by atoms with Crippen molar-refractivity contribution in [2.45, 2.75) is 0 Å². The second kappa shape index (κ2) is 3.36. The summed E-state index contributed by atoms with van der Waals surface area (Å²) in [6.07, 6.45) is 2.56. The minimum atomic E-state index is -0.703. The maximum Gasteiger partial charge on any atom is 0.262 e. The standard InChI is InChI=1S/C4H7N2O/c5-3-1-2-4(6)7/h1-2,6H,3,5H2/b2-1+. The van der Waals surface area contributed by atoms with Gasteiger partial charge < -0.3 is 5.73 Å². The van der Waals surface area contributed by atoms with Gasteiger partial charge in [0.2, 0.25) is 0 Å². The van der Waals surface area contributed by atoms with E-state index in [1.54, 1.807) is 0 Å². The zero-order valence-corrected chi connectivity index (χ0v) is 3.85. The van der Waals surface area contributed by atoms with E-state index >= 15 is 0 Å². The van der Waals surface area contributed by atoms with Gasteiger partial charge in [0.15, 0.2) is 0 Å². The number of nitrogens with two attached hydrogens (primary N) is 1. The van der Waals surface area contributed by atoms with Crippen LogP contribution in [-0.4, -0.2) is 12.5 Å². The molecule has 0 aromatic heterocycles. The summed E-state index contributed by atoms with van der Waals surface area (Å²) in [5, 5.41) is 0. The summed E-state index contributed by atoms with van der Waals surface area (Å²) in [6, 6.07) is 0. The lowest BCUT2D eigenvalue weighted by Gasteiger charge is -1.73. The molecule has 0 unspecified atom stereocenters. The third kappa shape index (κ3) is 5.17. The first-order valence-corrected chi connectivity index (χ1v) is 1.89. The Bertz CT molecular complexity index is 87.7. The maximum atomic E-state index is 9.73. The molecule has 0 aliphatic carbocycles. The van der Waals surface area contributed by atoms with Crippen LogP contribution in [0.15, 0.2) is 12.2 Å². The zero-order chi connectivity index (χ0) is 5.70. The fraction of sp³-hybridized carbons (Fsp3) is 0.250. The fourth-order valence-corrected chi connectivity index (χ4v) is 0.175. The van der Waals surface area contributed by atoms with E-state index in [2.05, 4.69) is 0 Å². The van der Waals surface area contributed by atoms with Crippen molar-refractivity contribution in [3.05, 3.63) is 12.2 Å². The van der Waals surface area contributed by atoms with E-state index in [-0.39, 0.29) is 0 Å². The van der Waals surface area contributed by atoms with Crippen LogP contribution in [0.2, 0.25) is 0 Å². The van der Waals surface area contributed by atoms with Gasteiger partial charge in [0, 0.05) is 12.6 Å². The fourth-order valence-electron chi connectivity index (χ4n) is 0.175. The average molecular weight is 99.1 g/mol. The molecule has 0 rings (SSSR count). The second-order valence-corrected chi connectivity index (χ2v) is 1.00.